The maximum absolute atomic E-state index is 6.05. The summed E-state index contributed by atoms with van der Waals surface area (Å²) >= 11 is 18.3. The predicted molar refractivity (Wildman–Crippen MR) is 85.0 cm³/mol. The second kappa shape index (κ2) is 5.84. The molecule has 0 atom stereocenters. The molecule has 21 heavy (non-hydrogen) atoms. The van der Waals surface area contributed by atoms with Gasteiger partial charge in [-0.25, -0.2) is 4.98 Å². The predicted octanol–water partition coefficient (Wildman–Crippen LogP) is 4.11. The normalized spacial score (nSPS) is 11.0. The molecular formula is C12H8Cl2N4OS2. The highest BCUT2D eigenvalue weighted by Crippen LogP contribution is 2.28. The van der Waals surface area contributed by atoms with E-state index < -0.39 is 0 Å². The minimum absolute atomic E-state index is 0.279. The van der Waals surface area contributed by atoms with E-state index in [0.717, 1.165) is 5.01 Å². The van der Waals surface area contributed by atoms with Gasteiger partial charge in [0.2, 0.25) is 9.73 Å². The number of fused-ring (bicyclic) bond motifs is 1. The maximum Gasteiger partial charge on any atom is 0.223 e. The molecule has 0 radical (unpaired) electrons. The molecule has 0 spiro atoms. The molecule has 1 aromatic carbocycles. The van der Waals surface area contributed by atoms with Gasteiger partial charge in [0.05, 0.1) is 5.02 Å². The summed E-state index contributed by atoms with van der Waals surface area (Å²) in [5.74, 6) is 1.24. The number of ether oxygens (including phenoxy) is 1. The van der Waals surface area contributed by atoms with Crippen molar-refractivity contribution in [1.82, 2.24) is 19.6 Å². The van der Waals surface area contributed by atoms with Crippen molar-refractivity contribution in [3.05, 3.63) is 43.8 Å². The summed E-state index contributed by atoms with van der Waals surface area (Å²) in [6.07, 6.45) is 0. The monoisotopic (exact) mass is 358 g/mol. The van der Waals surface area contributed by atoms with E-state index in [1.165, 1.54) is 11.3 Å². The van der Waals surface area contributed by atoms with E-state index in [0.29, 0.717) is 31.4 Å². The Bertz CT molecular complexity index is 877. The summed E-state index contributed by atoms with van der Waals surface area (Å²) in [5, 5.41) is 6.15. The van der Waals surface area contributed by atoms with Crippen molar-refractivity contribution < 1.29 is 4.74 Å². The molecule has 0 bridgehead atoms. The fourth-order valence-electron chi connectivity index (χ4n) is 1.69. The lowest BCUT2D eigenvalue weighted by molar-refractivity contribution is 0.304. The minimum atomic E-state index is 0.279. The molecule has 0 unspecified atom stereocenters. The van der Waals surface area contributed by atoms with Crippen LogP contribution in [0, 0.1) is 11.7 Å². The summed E-state index contributed by atoms with van der Waals surface area (Å²) < 4.78 is 7.60. The Hall–Kier alpha value is -1.28. The SMILES string of the molecule is Cc1nc(=S)nc2sc(COc3ccc(Cl)cc3Cl)nn12. The Balaban J connectivity index is 1.85. The van der Waals surface area contributed by atoms with Crippen LogP contribution in [0.4, 0.5) is 0 Å². The van der Waals surface area contributed by atoms with Crippen molar-refractivity contribution in [2.45, 2.75) is 13.5 Å². The van der Waals surface area contributed by atoms with Crippen LogP contribution in [-0.2, 0) is 6.61 Å². The Labute approximate surface area is 139 Å². The largest absolute Gasteiger partial charge is 0.485 e. The van der Waals surface area contributed by atoms with Gasteiger partial charge in [0.1, 0.15) is 18.2 Å². The standard InChI is InChI=1S/C12H8Cl2N4OS2/c1-6-15-11(20)16-12-18(6)17-10(21-12)5-19-9-3-2-7(13)4-8(9)14/h2-4H,5H2,1H3. The van der Waals surface area contributed by atoms with Crippen LogP contribution in [0.25, 0.3) is 4.96 Å². The van der Waals surface area contributed by atoms with E-state index >= 15 is 0 Å². The number of hydrogen-bond acceptors (Lipinski definition) is 6. The van der Waals surface area contributed by atoms with Gasteiger partial charge < -0.3 is 4.74 Å². The highest BCUT2D eigenvalue weighted by Gasteiger charge is 2.09. The third kappa shape index (κ3) is 3.16. The lowest BCUT2D eigenvalue weighted by Crippen LogP contribution is -2.01. The van der Waals surface area contributed by atoms with Crippen LogP contribution >= 0.6 is 46.8 Å². The molecule has 3 aromatic rings. The van der Waals surface area contributed by atoms with Crippen LogP contribution in [0.1, 0.15) is 10.8 Å². The molecule has 0 amide bonds. The van der Waals surface area contributed by atoms with Crippen LogP contribution in [0.5, 0.6) is 5.75 Å². The van der Waals surface area contributed by atoms with Crippen LogP contribution in [-0.4, -0.2) is 19.6 Å². The first-order valence-electron chi connectivity index (χ1n) is 5.84. The summed E-state index contributed by atoms with van der Waals surface area (Å²) in [6, 6.07) is 5.07. The lowest BCUT2D eigenvalue weighted by Gasteiger charge is -2.05. The van der Waals surface area contributed by atoms with Gasteiger partial charge >= 0.3 is 0 Å². The average molecular weight is 359 g/mol. The smallest absolute Gasteiger partial charge is 0.223 e. The van der Waals surface area contributed by atoms with E-state index in [2.05, 4.69) is 15.1 Å². The summed E-state index contributed by atoms with van der Waals surface area (Å²) in [5.41, 5.74) is 0. The van der Waals surface area contributed by atoms with Crippen molar-refractivity contribution in [3.63, 3.8) is 0 Å². The zero-order valence-corrected chi connectivity index (χ0v) is 13.9. The number of hydrogen-bond donors (Lipinski definition) is 0. The fourth-order valence-corrected chi connectivity index (χ4v) is 3.27. The van der Waals surface area contributed by atoms with Crippen molar-refractivity contribution in [1.29, 1.82) is 0 Å². The number of benzene rings is 1. The lowest BCUT2D eigenvalue weighted by atomic mass is 10.3. The molecule has 108 valence electrons. The van der Waals surface area contributed by atoms with Crippen molar-refractivity contribution in [3.8, 4) is 5.75 Å². The first-order chi connectivity index (χ1) is 10.0. The molecular weight excluding hydrogens is 351 g/mol. The van der Waals surface area contributed by atoms with E-state index in [9.17, 15) is 0 Å². The van der Waals surface area contributed by atoms with Crippen LogP contribution in [0.2, 0.25) is 10.0 Å². The van der Waals surface area contributed by atoms with Gasteiger partial charge in [-0.05, 0) is 37.3 Å². The molecule has 0 aliphatic heterocycles. The number of aromatic nitrogens is 4. The third-order valence-corrected chi connectivity index (χ3v) is 4.20. The molecule has 0 N–H and O–H groups in total. The highest BCUT2D eigenvalue weighted by molar-refractivity contribution is 7.71. The van der Waals surface area contributed by atoms with Crippen molar-refractivity contribution in [2.75, 3.05) is 0 Å². The number of halogens is 2. The van der Waals surface area contributed by atoms with Crippen LogP contribution < -0.4 is 4.74 Å². The van der Waals surface area contributed by atoms with Crippen LogP contribution in [0.3, 0.4) is 0 Å². The van der Waals surface area contributed by atoms with Crippen molar-refractivity contribution in [2.24, 2.45) is 0 Å². The molecule has 2 heterocycles. The van der Waals surface area contributed by atoms with Gasteiger partial charge in [0.15, 0.2) is 5.01 Å². The second-order valence-corrected chi connectivity index (χ2v) is 6.36. The molecule has 0 saturated heterocycles. The molecule has 0 aliphatic rings. The van der Waals surface area contributed by atoms with E-state index in [1.54, 1.807) is 22.7 Å². The zero-order valence-electron chi connectivity index (χ0n) is 10.7. The fraction of sp³-hybridized carbons (Fsp3) is 0.167. The topological polar surface area (TPSA) is 52.3 Å². The summed E-state index contributed by atoms with van der Waals surface area (Å²) in [6.45, 7) is 2.10. The third-order valence-electron chi connectivity index (χ3n) is 2.60. The van der Waals surface area contributed by atoms with E-state index in [-0.39, 0.29) is 6.61 Å². The number of rotatable bonds is 3. The van der Waals surface area contributed by atoms with Gasteiger partial charge in [0, 0.05) is 5.02 Å². The van der Waals surface area contributed by atoms with Crippen LogP contribution in [0.15, 0.2) is 18.2 Å². The Morgan fingerprint density at radius 1 is 1.33 bits per heavy atom. The van der Waals surface area contributed by atoms with E-state index in [4.69, 9.17) is 40.2 Å². The Kier molecular flexibility index (Phi) is 4.08. The Morgan fingerprint density at radius 2 is 2.14 bits per heavy atom. The first-order valence-corrected chi connectivity index (χ1v) is 7.82. The molecule has 2 aromatic heterocycles. The molecule has 0 saturated carbocycles. The molecule has 5 nitrogen and oxygen atoms in total. The quantitative estimate of drug-likeness (QED) is 0.659. The Morgan fingerprint density at radius 3 is 2.90 bits per heavy atom. The first kappa shape index (κ1) is 14.6. The summed E-state index contributed by atoms with van der Waals surface area (Å²) in [7, 11) is 0. The van der Waals surface area contributed by atoms with Gasteiger partial charge in [-0.3, -0.25) is 0 Å². The van der Waals surface area contributed by atoms with Gasteiger partial charge in [-0.15, -0.1) is 0 Å². The van der Waals surface area contributed by atoms with Gasteiger partial charge in [-0.1, -0.05) is 34.5 Å². The molecule has 3 rings (SSSR count). The second-order valence-electron chi connectivity index (χ2n) is 4.11. The highest BCUT2D eigenvalue weighted by atomic mass is 35.5. The number of nitrogens with zero attached hydrogens (tertiary/aromatic N) is 4. The van der Waals surface area contributed by atoms with Gasteiger partial charge in [0.25, 0.3) is 0 Å². The molecule has 0 aliphatic carbocycles. The van der Waals surface area contributed by atoms with Gasteiger partial charge in [-0.2, -0.15) is 14.6 Å². The molecule has 9 heteroatoms. The average Bonchev–Trinajstić information content (AvgIpc) is 2.81. The molecule has 0 fully saturated rings. The maximum atomic E-state index is 6.05. The van der Waals surface area contributed by atoms with E-state index in [1.807, 2.05) is 6.92 Å². The summed E-state index contributed by atoms with van der Waals surface area (Å²) in [4.78, 5) is 8.94. The van der Waals surface area contributed by atoms with Crippen molar-refractivity contribution >= 4 is 51.7 Å². The zero-order chi connectivity index (χ0) is 15.0. The number of aryl methyl sites for hydroxylation is 1. The minimum Gasteiger partial charge on any atom is -0.485 e.